The lowest BCUT2D eigenvalue weighted by molar-refractivity contribution is -0.629. The summed E-state index contributed by atoms with van der Waals surface area (Å²) in [6.07, 6.45) is -7.31. The van der Waals surface area contributed by atoms with Crippen molar-refractivity contribution in [1.29, 1.82) is 5.26 Å². The SMILES string of the molecule is N#CC(=C=[N-])[n+]1nc(-c2ccc(C(F)(F)F)cc2)c2c(c1-c1ccc(C(F)(F)F)cc1)CCC2. The number of halogens is 6. The van der Waals surface area contributed by atoms with E-state index in [-0.39, 0.29) is 0 Å². The van der Waals surface area contributed by atoms with Crippen LogP contribution in [0.3, 0.4) is 0 Å². The number of benzene rings is 2. The summed E-state index contributed by atoms with van der Waals surface area (Å²) >= 11 is 0. The highest BCUT2D eigenvalue weighted by atomic mass is 19.4. The zero-order chi connectivity index (χ0) is 24.7. The van der Waals surface area contributed by atoms with Crippen LogP contribution in [-0.2, 0) is 25.2 Å². The number of nitrogens with zero attached hydrogens (tertiary/aromatic N) is 4. The van der Waals surface area contributed by atoms with Crippen LogP contribution in [0.1, 0.15) is 28.7 Å². The van der Waals surface area contributed by atoms with Crippen molar-refractivity contribution in [2.24, 2.45) is 0 Å². The van der Waals surface area contributed by atoms with Crippen molar-refractivity contribution in [1.82, 2.24) is 5.10 Å². The Bertz CT molecular complexity index is 1340. The average molecular weight is 472 g/mol. The summed E-state index contributed by atoms with van der Waals surface area (Å²) in [7, 11) is 0. The predicted octanol–water partition coefficient (Wildman–Crippen LogP) is 5.83. The summed E-state index contributed by atoms with van der Waals surface area (Å²) in [5.74, 6) is 1.74. The Kier molecular flexibility index (Phi) is 5.75. The number of aromatic nitrogens is 2. The Morgan fingerprint density at radius 3 is 1.79 bits per heavy atom. The summed E-state index contributed by atoms with van der Waals surface area (Å²) in [5.41, 5.74) is 0.651. The van der Waals surface area contributed by atoms with E-state index in [1.807, 2.05) is 0 Å². The van der Waals surface area contributed by atoms with Gasteiger partial charge in [-0.2, -0.15) is 37.5 Å². The maximum atomic E-state index is 13.0. The van der Waals surface area contributed by atoms with Crippen LogP contribution in [0.4, 0.5) is 26.3 Å². The van der Waals surface area contributed by atoms with Crippen molar-refractivity contribution < 1.29 is 31.0 Å². The Morgan fingerprint density at radius 2 is 1.32 bits per heavy atom. The molecule has 0 unspecified atom stereocenters. The highest BCUT2D eigenvalue weighted by Crippen LogP contribution is 2.38. The van der Waals surface area contributed by atoms with Crippen LogP contribution in [0, 0.1) is 11.3 Å². The Balaban J connectivity index is 1.95. The number of allylic oxidation sites excluding steroid dienone is 1. The topological polar surface area (TPSA) is 62.9 Å². The molecule has 0 spiro atoms. The van der Waals surface area contributed by atoms with E-state index in [2.05, 4.69) is 5.10 Å². The summed E-state index contributed by atoms with van der Waals surface area (Å²) in [6.45, 7) is 0. The minimum absolute atomic E-state index is 0.315. The van der Waals surface area contributed by atoms with Crippen LogP contribution in [0.25, 0.3) is 33.6 Å². The van der Waals surface area contributed by atoms with Crippen LogP contribution in [-0.4, -0.2) is 11.0 Å². The first-order valence-corrected chi connectivity index (χ1v) is 10.1. The van der Waals surface area contributed by atoms with Gasteiger partial charge >= 0.3 is 18.0 Å². The minimum atomic E-state index is -4.53. The molecule has 4 nitrogen and oxygen atoms in total. The number of fused-ring (bicyclic) bond motifs is 1. The molecule has 1 aliphatic rings. The van der Waals surface area contributed by atoms with Crippen molar-refractivity contribution in [3.8, 4) is 28.6 Å². The second-order valence-corrected chi connectivity index (χ2v) is 7.64. The number of hydrogen-bond donors (Lipinski definition) is 0. The van der Waals surface area contributed by atoms with Gasteiger partial charge < -0.3 is 5.41 Å². The van der Waals surface area contributed by atoms with Crippen molar-refractivity contribution in [2.75, 3.05) is 0 Å². The van der Waals surface area contributed by atoms with Gasteiger partial charge in [0.05, 0.1) is 11.1 Å². The molecule has 0 atom stereocenters. The van der Waals surface area contributed by atoms with Gasteiger partial charge in [0.15, 0.2) is 6.07 Å². The van der Waals surface area contributed by atoms with Crippen molar-refractivity contribution in [3.05, 3.63) is 76.2 Å². The van der Waals surface area contributed by atoms with Crippen LogP contribution < -0.4 is 4.68 Å². The van der Waals surface area contributed by atoms with Gasteiger partial charge in [0.1, 0.15) is 5.69 Å². The van der Waals surface area contributed by atoms with E-state index in [0.717, 1.165) is 34.5 Å². The molecule has 0 radical (unpaired) electrons. The Hall–Kier alpha value is -3.96. The molecule has 0 amide bonds. The maximum Gasteiger partial charge on any atom is 0.416 e. The number of rotatable bonds is 3. The highest BCUT2D eigenvalue weighted by molar-refractivity contribution is 5.85. The van der Waals surface area contributed by atoms with E-state index in [9.17, 15) is 37.0 Å². The molecule has 10 heteroatoms. The predicted molar refractivity (Wildman–Crippen MR) is 111 cm³/mol. The van der Waals surface area contributed by atoms with Crippen molar-refractivity contribution in [3.63, 3.8) is 0 Å². The Labute approximate surface area is 189 Å². The molecule has 1 aromatic heterocycles. The van der Waals surface area contributed by atoms with Crippen molar-refractivity contribution >= 4 is 11.6 Å². The molecule has 0 aliphatic heterocycles. The van der Waals surface area contributed by atoms with Gasteiger partial charge in [0, 0.05) is 21.8 Å². The fraction of sp³-hybridized carbons (Fsp3) is 0.208. The second kappa shape index (κ2) is 8.43. The van der Waals surface area contributed by atoms with Gasteiger partial charge in [-0.25, -0.2) is 0 Å². The largest absolute Gasteiger partial charge is 0.757 e. The van der Waals surface area contributed by atoms with Crippen LogP contribution in [0.5, 0.6) is 0 Å². The lowest BCUT2D eigenvalue weighted by atomic mass is 9.97. The molecule has 0 saturated heterocycles. The van der Waals surface area contributed by atoms with E-state index in [4.69, 9.17) is 0 Å². The van der Waals surface area contributed by atoms with E-state index in [0.29, 0.717) is 47.3 Å². The second-order valence-electron chi connectivity index (χ2n) is 7.64. The fourth-order valence-electron chi connectivity index (χ4n) is 4.05. The van der Waals surface area contributed by atoms with Gasteiger partial charge in [-0.15, -0.1) is 0 Å². The zero-order valence-electron chi connectivity index (χ0n) is 17.3. The first kappa shape index (κ1) is 23.2. The molecule has 2 aromatic carbocycles. The molecule has 172 valence electrons. The van der Waals surface area contributed by atoms with Crippen LogP contribution >= 0.6 is 0 Å². The molecule has 1 heterocycles. The number of alkyl halides is 6. The van der Waals surface area contributed by atoms with E-state index in [1.165, 1.54) is 24.3 Å². The summed E-state index contributed by atoms with van der Waals surface area (Å²) < 4.78 is 79.1. The smallest absolute Gasteiger partial charge is 0.416 e. The van der Waals surface area contributed by atoms with Crippen molar-refractivity contribution in [2.45, 2.75) is 31.6 Å². The molecule has 0 bridgehead atoms. The summed E-state index contributed by atoms with van der Waals surface area (Å²) in [5, 5.41) is 23.4. The third kappa shape index (κ3) is 4.18. The third-order valence-electron chi connectivity index (χ3n) is 5.60. The Morgan fingerprint density at radius 1 is 0.824 bits per heavy atom. The van der Waals surface area contributed by atoms with Crippen LogP contribution in [0.2, 0.25) is 0 Å². The lowest BCUT2D eigenvalue weighted by Gasteiger charge is -2.12. The maximum absolute atomic E-state index is 13.0. The number of nitriles is 1. The molecule has 0 fully saturated rings. The van der Waals surface area contributed by atoms with E-state index in [1.54, 1.807) is 11.9 Å². The zero-order valence-corrected chi connectivity index (χ0v) is 17.3. The molecular formula is C24H14F6N4. The average Bonchev–Trinajstić information content (AvgIpc) is 3.28. The molecule has 4 rings (SSSR count). The van der Waals surface area contributed by atoms with E-state index >= 15 is 0 Å². The van der Waals surface area contributed by atoms with Crippen LogP contribution in [0.15, 0.2) is 48.5 Å². The monoisotopic (exact) mass is 472 g/mol. The molecule has 1 aliphatic carbocycles. The van der Waals surface area contributed by atoms with Gasteiger partial charge in [-0.3, -0.25) is 0 Å². The first-order valence-electron chi connectivity index (χ1n) is 10.1. The first-order chi connectivity index (χ1) is 16.0. The van der Waals surface area contributed by atoms with Gasteiger partial charge in [-0.05, 0) is 65.9 Å². The number of hydrogen-bond acceptors (Lipinski definition) is 2. The lowest BCUT2D eigenvalue weighted by Crippen LogP contribution is -2.41. The molecule has 3 aromatic rings. The molecular weight excluding hydrogens is 458 g/mol. The quantitative estimate of drug-likeness (QED) is 0.208. The minimum Gasteiger partial charge on any atom is -0.757 e. The highest BCUT2D eigenvalue weighted by Gasteiger charge is 2.35. The molecule has 0 saturated carbocycles. The third-order valence-corrected chi connectivity index (χ3v) is 5.60. The summed E-state index contributed by atoms with van der Waals surface area (Å²) in [6, 6.07) is 10.4. The molecule has 34 heavy (non-hydrogen) atoms. The van der Waals surface area contributed by atoms with Gasteiger partial charge in [0.25, 0.3) is 5.69 Å². The van der Waals surface area contributed by atoms with Gasteiger partial charge in [-0.1, -0.05) is 12.1 Å². The summed E-state index contributed by atoms with van der Waals surface area (Å²) in [4.78, 5) is 0. The normalized spacial score (nSPS) is 13.2. The molecule has 0 N–H and O–H groups in total. The van der Waals surface area contributed by atoms with E-state index < -0.39 is 29.2 Å². The fourth-order valence-corrected chi connectivity index (χ4v) is 4.05. The standard InChI is InChI=1S/C24H14F6N4/c25-23(26,27)16-8-4-14(5-9-16)21-19-2-1-3-20(19)22(34(33-21)18(12-31)13-32)15-6-10-17(11-7-15)24(28,29)30/h4-11H,1-3H2. The van der Waals surface area contributed by atoms with Gasteiger partial charge in [0.2, 0.25) is 0 Å².